The van der Waals surface area contributed by atoms with Crippen molar-refractivity contribution in [1.82, 2.24) is 10.3 Å². The number of ether oxygens (including phenoxy) is 2. The number of rotatable bonds is 7. The number of benzene rings is 1. The van der Waals surface area contributed by atoms with Gasteiger partial charge < -0.3 is 14.8 Å². The zero-order valence-electron chi connectivity index (χ0n) is 12.1. The van der Waals surface area contributed by atoms with Gasteiger partial charge in [-0.25, -0.2) is 4.98 Å². The van der Waals surface area contributed by atoms with E-state index >= 15 is 0 Å². The number of hydrogen-bond acceptors (Lipinski definition) is 5. The van der Waals surface area contributed by atoms with E-state index in [0.29, 0.717) is 6.61 Å². The number of aryl methyl sites for hydroxylation is 1. The van der Waals surface area contributed by atoms with Gasteiger partial charge in [-0.05, 0) is 20.0 Å². The number of thiazole rings is 1. The number of para-hydroxylation sites is 1. The van der Waals surface area contributed by atoms with Crippen LogP contribution in [-0.2, 0) is 13.0 Å². The van der Waals surface area contributed by atoms with Gasteiger partial charge in [0.05, 0.1) is 24.9 Å². The molecule has 1 aromatic carbocycles. The van der Waals surface area contributed by atoms with Crippen molar-refractivity contribution in [1.29, 1.82) is 0 Å². The number of nitrogens with zero attached hydrogens (tertiary/aromatic N) is 1. The lowest BCUT2D eigenvalue weighted by Crippen LogP contribution is -2.10. The normalized spacial score (nSPS) is 10.6. The third-order valence-corrected chi connectivity index (χ3v) is 4.06. The van der Waals surface area contributed by atoms with Crippen LogP contribution in [0.4, 0.5) is 0 Å². The highest BCUT2D eigenvalue weighted by atomic mass is 32.1. The van der Waals surface area contributed by atoms with Crippen LogP contribution >= 0.6 is 11.3 Å². The van der Waals surface area contributed by atoms with Gasteiger partial charge >= 0.3 is 0 Å². The van der Waals surface area contributed by atoms with E-state index in [-0.39, 0.29) is 0 Å². The first-order valence-electron chi connectivity index (χ1n) is 6.58. The lowest BCUT2D eigenvalue weighted by molar-refractivity contribution is 0.294. The Balaban J connectivity index is 2.05. The molecule has 0 saturated carbocycles. The van der Waals surface area contributed by atoms with Gasteiger partial charge in [0.25, 0.3) is 0 Å². The number of aromatic nitrogens is 1. The molecule has 20 heavy (non-hydrogen) atoms. The van der Waals surface area contributed by atoms with Gasteiger partial charge in [0, 0.05) is 23.4 Å². The molecule has 5 heteroatoms. The van der Waals surface area contributed by atoms with E-state index in [1.807, 2.05) is 37.7 Å². The first-order chi connectivity index (χ1) is 9.76. The van der Waals surface area contributed by atoms with Gasteiger partial charge in [-0.3, -0.25) is 0 Å². The molecule has 0 spiro atoms. The van der Waals surface area contributed by atoms with Crippen LogP contribution in [0.25, 0.3) is 0 Å². The second-order valence-electron chi connectivity index (χ2n) is 4.44. The third kappa shape index (κ3) is 3.49. The zero-order valence-corrected chi connectivity index (χ0v) is 12.9. The summed E-state index contributed by atoms with van der Waals surface area (Å²) in [6, 6.07) is 5.95. The minimum Gasteiger partial charge on any atom is -0.493 e. The van der Waals surface area contributed by atoms with Crippen molar-refractivity contribution >= 4 is 11.3 Å². The second kappa shape index (κ2) is 7.26. The standard InChI is InChI=1S/C15H20N2O2S/c1-11-14(20-10-17-11)7-8-19-15-12(9-16-2)5-4-6-13(15)18-3/h4-6,10,16H,7-9H2,1-3H3. The Kier molecular flexibility index (Phi) is 5.38. The van der Waals surface area contributed by atoms with Gasteiger partial charge in [0.2, 0.25) is 0 Å². The van der Waals surface area contributed by atoms with Crippen LogP contribution in [-0.4, -0.2) is 25.7 Å². The van der Waals surface area contributed by atoms with E-state index in [0.717, 1.165) is 35.7 Å². The van der Waals surface area contributed by atoms with E-state index in [4.69, 9.17) is 9.47 Å². The van der Waals surface area contributed by atoms with E-state index < -0.39 is 0 Å². The summed E-state index contributed by atoms with van der Waals surface area (Å²) >= 11 is 1.67. The largest absolute Gasteiger partial charge is 0.493 e. The Bertz CT molecular complexity index is 555. The Morgan fingerprint density at radius 2 is 2.20 bits per heavy atom. The molecule has 0 bridgehead atoms. The highest BCUT2D eigenvalue weighted by Crippen LogP contribution is 2.31. The Hall–Kier alpha value is -1.59. The molecule has 0 unspecified atom stereocenters. The maximum atomic E-state index is 5.95. The molecule has 1 heterocycles. The summed E-state index contributed by atoms with van der Waals surface area (Å²) in [5.74, 6) is 1.60. The lowest BCUT2D eigenvalue weighted by atomic mass is 10.2. The fraction of sp³-hybridized carbons (Fsp3) is 0.400. The first-order valence-corrected chi connectivity index (χ1v) is 7.46. The molecule has 108 valence electrons. The summed E-state index contributed by atoms with van der Waals surface area (Å²) in [7, 11) is 3.59. The van der Waals surface area contributed by atoms with Crippen molar-refractivity contribution in [2.75, 3.05) is 20.8 Å². The maximum Gasteiger partial charge on any atom is 0.165 e. The van der Waals surface area contributed by atoms with Crippen LogP contribution in [0.15, 0.2) is 23.7 Å². The average molecular weight is 292 g/mol. The summed E-state index contributed by atoms with van der Waals surface area (Å²) in [6.07, 6.45) is 0.869. The molecular weight excluding hydrogens is 272 g/mol. The lowest BCUT2D eigenvalue weighted by Gasteiger charge is -2.14. The SMILES string of the molecule is CNCc1cccc(OC)c1OCCc1scnc1C. The van der Waals surface area contributed by atoms with Crippen molar-refractivity contribution in [2.24, 2.45) is 0 Å². The molecule has 2 aromatic rings. The molecule has 2 rings (SSSR count). The van der Waals surface area contributed by atoms with E-state index in [1.54, 1.807) is 18.4 Å². The fourth-order valence-corrected chi connectivity index (χ4v) is 2.79. The minimum atomic E-state index is 0.625. The first kappa shape index (κ1) is 14.8. The molecule has 0 fully saturated rings. The van der Waals surface area contributed by atoms with E-state index in [1.165, 1.54) is 4.88 Å². The highest BCUT2D eigenvalue weighted by molar-refractivity contribution is 7.09. The predicted molar refractivity (Wildman–Crippen MR) is 81.8 cm³/mol. The molecular formula is C15H20N2O2S. The Labute approximate surface area is 123 Å². The summed E-state index contributed by atoms with van der Waals surface area (Å²) < 4.78 is 11.3. The topological polar surface area (TPSA) is 43.4 Å². The van der Waals surface area contributed by atoms with Crippen LogP contribution in [0.1, 0.15) is 16.1 Å². The van der Waals surface area contributed by atoms with Crippen LogP contribution in [0.5, 0.6) is 11.5 Å². The Morgan fingerprint density at radius 1 is 1.35 bits per heavy atom. The van der Waals surface area contributed by atoms with Crippen molar-refractivity contribution < 1.29 is 9.47 Å². The summed E-state index contributed by atoms with van der Waals surface area (Å²) in [5, 5.41) is 3.15. The summed E-state index contributed by atoms with van der Waals surface area (Å²) in [4.78, 5) is 5.52. The third-order valence-electron chi connectivity index (χ3n) is 3.07. The van der Waals surface area contributed by atoms with E-state index in [2.05, 4.69) is 10.3 Å². The molecule has 0 aliphatic carbocycles. The van der Waals surface area contributed by atoms with Crippen molar-refractivity contribution in [2.45, 2.75) is 19.9 Å². The van der Waals surface area contributed by atoms with Gasteiger partial charge in [-0.2, -0.15) is 0 Å². The van der Waals surface area contributed by atoms with Gasteiger partial charge in [-0.1, -0.05) is 12.1 Å². The monoisotopic (exact) mass is 292 g/mol. The summed E-state index contributed by atoms with van der Waals surface area (Å²) in [6.45, 7) is 3.41. The molecule has 0 atom stereocenters. The molecule has 0 aliphatic heterocycles. The minimum absolute atomic E-state index is 0.625. The quantitative estimate of drug-likeness (QED) is 0.852. The summed E-state index contributed by atoms with van der Waals surface area (Å²) in [5.41, 5.74) is 4.07. The molecule has 0 amide bonds. The van der Waals surface area contributed by atoms with Crippen molar-refractivity contribution in [3.8, 4) is 11.5 Å². The molecule has 0 aliphatic rings. The van der Waals surface area contributed by atoms with Crippen LogP contribution in [0.2, 0.25) is 0 Å². The zero-order chi connectivity index (χ0) is 14.4. The average Bonchev–Trinajstić information content (AvgIpc) is 2.86. The van der Waals surface area contributed by atoms with Gasteiger partial charge in [0.1, 0.15) is 0 Å². The molecule has 1 aromatic heterocycles. The Morgan fingerprint density at radius 3 is 2.85 bits per heavy atom. The predicted octanol–water partition coefficient (Wildman–Crippen LogP) is 2.80. The smallest absolute Gasteiger partial charge is 0.165 e. The van der Waals surface area contributed by atoms with E-state index in [9.17, 15) is 0 Å². The molecule has 0 radical (unpaired) electrons. The van der Waals surface area contributed by atoms with Gasteiger partial charge in [-0.15, -0.1) is 11.3 Å². The number of hydrogen-bond donors (Lipinski definition) is 1. The molecule has 1 N–H and O–H groups in total. The van der Waals surface area contributed by atoms with Gasteiger partial charge in [0.15, 0.2) is 11.5 Å². The molecule has 0 saturated heterocycles. The van der Waals surface area contributed by atoms with Crippen molar-refractivity contribution in [3.63, 3.8) is 0 Å². The fourth-order valence-electron chi connectivity index (χ4n) is 2.03. The van der Waals surface area contributed by atoms with Crippen LogP contribution in [0, 0.1) is 6.92 Å². The van der Waals surface area contributed by atoms with Crippen LogP contribution in [0.3, 0.4) is 0 Å². The number of nitrogens with one attached hydrogen (secondary N) is 1. The van der Waals surface area contributed by atoms with Crippen molar-refractivity contribution in [3.05, 3.63) is 39.8 Å². The van der Waals surface area contributed by atoms with Crippen LogP contribution < -0.4 is 14.8 Å². The number of methoxy groups -OCH3 is 1. The second-order valence-corrected chi connectivity index (χ2v) is 5.38. The highest BCUT2D eigenvalue weighted by Gasteiger charge is 2.10. The molecule has 4 nitrogen and oxygen atoms in total. The maximum absolute atomic E-state index is 5.95.